The number of nitrogens with two attached hydrogens (primary N) is 1. The molecule has 1 aromatic heterocycles. The van der Waals surface area contributed by atoms with Gasteiger partial charge in [-0.2, -0.15) is 5.10 Å². The molecule has 0 bridgehead atoms. The van der Waals surface area contributed by atoms with Gasteiger partial charge in [0, 0.05) is 5.69 Å². The Hall–Kier alpha value is -0.970. The van der Waals surface area contributed by atoms with E-state index in [0.717, 1.165) is 30.5 Å². The maximum Gasteiger partial charge on any atom is 0.265 e. The van der Waals surface area contributed by atoms with Crippen molar-refractivity contribution in [3.05, 3.63) is 17.0 Å². The van der Waals surface area contributed by atoms with Crippen LogP contribution in [0.25, 0.3) is 0 Å². The van der Waals surface area contributed by atoms with E-state index in [-0.39, 0.29) is 6.42 Å². The molecule has 1 heterocycles. The quantitative estimate of drug-likeness (QED) is 0.767. The largest absolute Gasteiger partial charge is 0.325 e. The van der Waals surface area contributed by atoms with Crippen LogP contribution in [0.4, 0.5) is 8.78 Å². The van der Waals surface area contributed by atoms with Crippen molar-refractivity contribution < 1.29 is 8.78 Å². The lowest BCUT2D eigenvalue weighted by atomic mass is 10.1. The minimum atomic E-state index is -2.83. The van der Waals surface area contributed by atoms with Gasteiger partial charge in [0.25, 0.3) is 5.92 Å². The first kappa shape index (κ1) is 9.58. The first-order valence-corrected chi connectivity index (χ1v) is 4.75. The van der Waals surface area contributed by atoms with Gasteiger partial charge in [0.1, 0.15) is 0 Å². The van der Waals surface area contributed by atoms with Gasteiger partial charge in [-0.15, -0.1) is 0 Å². The number of alkyl halides is 2. The SMILES string of the molecule is NCC(F)(F)Cc1n[nH]c2c1CCC2. The summed E-state index contributed by atoms with van der Waals surface area (Å²) in [6, 6.07) is 0. The van der Waals surface area contributed by atoms with Gasteiger partial charge in [-0.1, -0.05) is 0 Å². The molecule has 0 saturated carbocycles. The summed E-state index contributed by atoms with van der Waals surface area (Å²) >= 11 is 0. The predicted molar refractivity (Wildman–Crippen MR) is 48.3 cm³/mol. The Kier molecular flexibility index (Phi) is 2.26. The molecule has 3 N–H and O–H groups in total. The number of aryl methyl sites for hydroxylation is 1. The van der Waals surface area contributed by atoms with Crippen LogP contribution < -0.4 is 5.73 Å². The number of hydrogen-bond acceptors (Lipinski definition) is 2. The second-order valence-electron chi connectivity index (χ2n) is 3.72. The summed E-state index contributed by atoms with van der Waals surface area (Å²) < 4.78 is 26.0. The predicted octanol–water partition coefficient (Wildman–Crippen LogP) is 1.03. The Balaban J connectivity index is 2.18. The Bertz CT molecular complexity index is 333. The van der Waals surface area contributed by atoms with Crippen molar-refractivity contribution in [1.29, 1.82) is 0 Å². The highest BCUT2D eigenvalue weighted by molar-refractivity contribution is 5.30. The third-order valence-electron chi connectivity index (χ3n) is 2.62. The molecule has 0 saturated heterocycles. The fraction of sp³-hybridized carbons (Fsp3) is 0.667. The maximum atomic E-state index is 13.0. The van der Waals surface area contributed by atoms with Crippen molar-refractivity contribution in [3.63, 3.8) is 0 Å². The third-order valence-corrected chi connectivity index (χ3v) is 2.62. The van der Waals surface area contributed by atoms with E-state index in [0.29, 0.717) is 5.69 Å². The molecular weight excluding hydrogens is 188 g/mol. The zero-order chi connectivity index (χ0) is 10.2. The summed E-state index contributed by atoms with van der Waals surface area (Å²) in [7, 11) is 0. The van der Waals surface area contributed by atoms with Gasteiger partial charge in [0.05, 0.1) is 18.7 Å². The number of aromatic nitrogens is 2. The molecule has 1 aliphatic carbocycles. The van der Waals surface area contributed by atoms with E-state index >= 15 is 0 Å². The van der Waals surface area contributed by atoms with Crippen LogP contribution in [0.1, 0.15) is 23.4 Å². The van der Waals surface area contributed by atoms with Crippen LogP contribution >= 0.6 is 0 Å². The summed E-state index contributed by atoms with van der Waals surface area (Å²) in [5.41, 5.74) is 7.48. The number of hydrogen-bond donors (Lipinski definition) is 2. The maximum absolute atomic E-state index is 13.0. The summed E-state index contributed by atoms with van der Waals surface area (Å²) in [6.45, 7) is -0.616. The van der Waals surface area contributed by atoms with Crippen LogP contribution in [0, 0.1) is 0 Å². The Morgan fingerprint density at radius 3 is 2.93 bits per heavy atom. The smallest absolute Gasteiger partial charge is 0.265 e. The van der Waals surface area contributed by atoms with Crippen molar-refractivity contribution in [2.45, 2.75) is 31.6 Å². The average molecular weight is 201 g/mol. The molecule has 14 heavy (non-hydrogen) atoms. The molecule has 1 aromatic rings. The minimum Gasteiger partial charge on any atom is -0.325 e. The number of nitrogens with zero attached hydrogens (tertiary/aromatic N) is 1. The van der Waals surface area contributed by atoms with Gasteiger partial charge in [0.2, 0.25) is 0 Å². The van der Waals surface area contributed by atoms with E-state index in [9.17, 15) is 8.78 Å². The summed E-state index contributed by atoms with van der Waals surface area (Å²) in [6.07, 6.45) is 2.48. The van der Waals surface area contributed by atoms with Crippen molar-refractivity contribution in [3.8, 4) is 0 Å². The Labute approximate surface area is 80.7 Å². The summed E-state index contributed by atoms with van der Waals surface area (Å²) in [4.78, 5) is 0. The number of aromatic amines is 1. The normalized spacial score (nSPS) is 15.9. The van der Waals surface area contributed by atoms with Gasteiger partial charge < -0.3 is 5.73 Å². The van der Waals surface area contributed by atoms with E-state index in [1.165, 1.54) is 0 Å². The summed E-state index contributed by atoms with van der Waals surface area (Å²) in [5.74, 6) is -2.83. The molecule has 3 nitrogen and oxygen atoms in total. The lowest BCUT2D eigenvalue weighted by molar-refractivity contribution is 0.0103. The second-order valence-corrected chi connectivity index (χ2v) is 3.72. The lowest BCUT2D eigenvalue weighted by Crippen LogP contribution is -2.30. The van der Waals surface area contributed by atoms with Gasteiger partial charge in [-0.05, 0) is 24.8 Å². The molecular formula is C9H13F2N3. The average Bonchev–Trinajstić information content (AvgIpc) is 2.70. The number of H-pyrrole nitrogens is 1. The molecule has 0 amide bonds. The molecule has 0 atom stereocenters. The highest BCUT2D eigenvalue weighted by Gasteiger charge is 2.31. The monoisotopic (exact) mass is 201 g/mol. The fourth-order valence-electron chi connectivity index (χ4n) is 1.85. The molecule has 1 aliphatic rings. The van der Waals surface area contributed by atoms with Gasteiger partial charge in [-0.25, -0.2) is 8.78 Å². The van der Waals surface area contributed by atoms with Crippen LogP contribution in [0.5, 0.6) is 0 Å². The number of halogens is 2. The molecule has 0 unspecified atom stereocenters. The molecule has 5 heteroatoms. The highest BCUT2D eigenvalue weighted by atomic mass is 19.3. The highest BCUT2D eigenvalue weighted by Crippen LogP contribution is 2.27. The molecule has 0 aliphatic heterocycles. The Morgan fingerprint density at radius 2 is 2.21 bits per heavy atom. The van der Waals surface area contributed by atoms with Crippen LogP contribution in [-0.2, 0) is 19.3 Å². The molecule has 0 radical (unpaired) electrons. The standard InChI is InChI=1S/C9H13F2N3/c10-9(11,5-12)4-8-6-2-1-3-7(6)13-14-8/h1-5,12H2,(H,13,14). The molecule has 0 aromatic carbocycles. The van der Waals surface area contributed by atoms with E-state index in [1.807, 2.05) is 0 Å². The van der Waals surface area contributed by atoms with Gasteiger partial charge in [0.15, 0.2) is 0 Å². The zero-order valence-corrected chi connectivity index (χ0v) is 7.82. The van der Waals surface area contributed by atoms with E-state index in [4.69, 9.17) is 5.73 Å². The third kappa shape index (κ3) is 1.64. The van der Waals surface area contributed by atoms with Gasteiger partial charge in [-0.3, -0.25) is 5.10 Å². The van der Waals surface area contributed by atoms with E-state index in [1.54, 1.807) is 0 Å². The molecule has 0 fully saturated rings. The summed E-state index contributed by atoms with van der Waals surface area (Å²) in [5, 5.41) is 6.72. The Morgan fingerprint density at radius 1 is 1.43 bits per heavy atom. The molecule has 78 valence electrons. The van der Waals surface area contributed by atoms with Crippen LogP contribution in [0.15, 0.2) is 0 Å². The first-order valence-electron chi connectivity index (χ1n) is 4.75. The first-order chi connectivity index (χ1) is 6.62. The molecule has 0 spiro atoms. The van der Waals surface area contributed by atoms with E-state index < -0.39 is 12.5 Å². The number of fused-ring (bicyclic) bond motifs is 1. The van der Waals surface area contributed by atoms with Crippen molar-refractivity contribution in [2.24, 2.45) is 5.73 Å². The van der Waals surface area contributed by atoms with E-state index in [2.05, 4.69) is 10.2 Å². The zero-order valence-electron chi connectivity index (χ0n) is 7.82. The fourth-order valence-corrected chi connectivity index (χ4v) is 1.85. The number of rotatable bonds is 3. The molecule has 2 rings (SSSR count). The van der Waals surface area contributed by atoms with Crippen molar-refractivity contribution in [1.82, 2.24) is 10.2 Å². The topological polar surface area (TPSA) is 54.7 Å². The van der Waals surface area contributed by atoms with Crippen LogP contribution in [0.2, 0.25) is 0 Å². The second kappa shape index (κ2) is 3.31. The van der Waals surface area contributed by atoms with Crippen molar-refractivity contribution >= 4 is 0 Å². The van der Waals surface area contributed by atoms with Crippen LogP contribution in [-0.4, -0.2) is 22.7 Å². The van der Waals surface area contributed by atoms with Crippen LogP contribution in [0.3, 0.4) is 0 Å². The van der Waals surface area contributed by atoms with Gasteiger partial charge >= 0.3 is 0 Å². The lowest BCUT2D eigenvalue weighted by Gasteiger charge is -2.12. The minimum absolute atomic E-state index is 0.338. The van der Waals surface area contributed by atoms with Crippen molar-refractivity contribution in [2.75, 3.05) is 6.54 Å². The number of nitrogens with one attached hydrogen (secondary N) is 1.